The molecule has 2 aromatic rings. The Hall–Kier alpha value is -3.40. The summed E-state index contributed by atoms with van der Waals surface area (Å²) >= 11 is 0. The van der Waals surface area contributed by atoms with Crippen LogP contribution < -0.4 is 9.47 Å². The summed E-state index contributed by atoms with van der Waals surface area (Å²) in [7, 11) is 0. The highest BCUT2D eigenvalue weighted by molar-refractivity contribution is 5.96. The molecular formula is C30H28O4. The van der Waals surface area contributed by atoms with Gasteiger partial charge in [-0.2, -0.15) is 0 Å². The Morgan fingerprint density at radius 2 is 1.50 bits per heavy atom. The van der Waals surface area contributed by atoms with Gasteiger partial charge in [-0.15, -0.1) is 0 Å². The number of para-hydroxylation sites is 2. The molecule has 5 unspecified atom stereocenters. The van der Waals surface area contributed by atoms with E-state index in [9.17, 15) is 9.59 Å². The van der Waals surface area contributed by atoms with Gasteiger partial charge in [0.25, 0.3) is 0 Å². The van der Waals surface area contributed by atoms with Crippen molar-refractivity contribution in [3.63, 3.8) is 0 Å². The summed E-state index contributed by atoms with van der Waals surface area (Å²) in [5.74, 6) is 2.63. The number of hydrogen-bond donors (Lipinski definition) is 0. The van der Waals surface area contributed by atoms with Crippen molar-refractivity contribution in [3.05, 3.63) is 95.6 Å². The van der Waals surface area contributed by atoms with Crippen LogP contribution in [0.2, 0.25) is 0 Å². The van der Waals surface area contributed by atoms with Gasteiger partial charge in [-0.05, 0) is 85.3 Å². The fraction of sp³-hybridized carbons (Fsp3) is 0.333. The molecule has 0 amide bonds. The molecular weight excluding hydrogens is 424 g/mol. The van der Waals surface area contributed by atoms with E-state index in [0.717, 1.165) is 23.8 Å². The Morgan fingerprint density at radius 1 is 0.824 bits per heavy atom. The van der Waals surface area contributed by atoms with Crippen molar-refractivity contribution in [1.29, 1.82) is 0 Å². The summed E-state index contributed by atoms with van der Waals surface area (Å²) in [6, 6.07) is 18.3. The fourth-order valence-corrected chi connectivity index (χ4v) is 6.74. The second-order valence-corrected chi connectivity index (χ2v) is 9.92. The normalized spacial score (nSPS) is 31.2. The lowest BCUT2D eigenvalue weighted by atomic mass is 9.74. The summed E-state index contributed by atoms with van der Waals surface area (Å²) in [6.07, 6.45) is 11.6. The maximum atomic E-state index is 13.3. The largest absolute Gasteiger partial charge is 0.426 e. The third-order valence-electron chi connectivity index (χ3n) is 8.12. The third-order valence-corrected chi connectivity index (χ3v) is 8.12. The van der Waals surface area contributed by atoms with E-state index in [1.165, 1.54) is 31.3 Å². The predicted molar refractivity (Wildman–Crippen MR) is 129 cm³/mol. The summed E-state index contributed by atoms with van der Waals surface area (Å²) < 4.78 is 11.3. The molecule has 0 N–H and O–H groups in total. The molecule has 0 spiro atoms. The van der Waals surface area contributed by atoms with Crippen LogP contribution in [-0.4, -0.2) is 11.9 Å². The second-order valence-electron chi connectivity index (χ2n) is 9.92. The molecule has 5 atom stereocenters. The summed E-state index contributed by atoms with van der Waals surface area (Å²) in [6.45, 7) is 0. The number of rotatable bonds is 4. The first-order valence-corrected chi connectivity index (χ1v) is 12.3. The zero-order valence-electron chi connectivity index (χ0n) is 19.1. The van der Waals surface area contributed by atoms with Crippen molar-refractivity contribution < 1.29 is 19.1 Å². The highest BCUT2D eigenvalue weighted by Crippen LogP contribution is 2.62. The maximum absolute atomic E-state index is 13.3. The van der Waals surface area contributed by atoms with Crippen LogP contribution in [0.5, 0.6) is 11.5 Å². The molecule has 3 saturated carbocycles. The van der Waals surface area contributed by atoms with Crippen molar-refractivity contribution in [3.8, 4) is 11.5 Å². The van der Waals surface area contributed by atoms with Crippen LogP contribution in [0.3, 0.4) is 0 Å². The van der Waals surface area contributed by atoms with Crippen LogP contribution in [0.4, 0.5) is 0 Å². The average Bonchev–Trinajstić information content (AvgIpc) is 3.59. The van der Waals surface area contributed by atoms with Gasteiger partial charge in [0.1, 0.15) is 17.4 Å². The van der Waals surface area contributed by atoms with Crippen LogP contribution in [0.1, 0.15) is 32.1 Å². The molecule has 2 aromatic carbocycles. The Morgan fingerprint density at radius 3 is 2.24 bits per heavy atom. The number of allylic oxidation sites excluding steroid dienone is 2. The lowest BCUT2D eigenvalue weighted by Gasteiger charge is -2.30. The number of carbonyl (C=O) groups is 2. The molecule has 34 heavy (non-hydrogen) atoms. The minimum atomic E-state index is -0.511. The van der Waals surface area contributed by atoms with Crippen LogP contribution in [0.25, 0.3) is 0 Å². The van der Waals surface area contributed by atoms with E-state index < -0.39 is 11.9 Å². The Bertz CT molecular complexity index is 1190. The molecule has 0 radical (unpaired) electrons. The van der Waals surface area contributed by atoms with Crippen LogP contribution >= 0.6 is 0 Å². The standard InChI is InChI=1S/C30H28O4/c31-29(33-21-8-3-1-4-9-21)19-14-15-25(30(32)34-22-10-5-2-6-11-22)27(16-19)28-18-20-17-26(28)24-13-7-12-23(20)24/h1-6,8-11,14-16,20,23-26H,7,12-13,17-18H2. The van der Waals surface area contributed by atoms with E-state index in [0.29, 0.717) is 28.9 Å². The summed E-state index contributed by atoms with van der Waals surface area (Å²) in [4.78, 5) is 26.2. The summed E-state index contributed by atoms with van der Waals surface area (Å²) in [5, 5.41) is 0. The first-order valence-electron chi connectivity index (χ1n) is 12.3. The van der Waals surface area contributed by atoms with E-state index >= 15 is 0 Å². The van der Waals surface area contributed by atoms with Crippen molar-refractivity contribution >= 4 is 11.9 Å². The number of ether oxygens (including phenoxy) is 2. The third kappa shape index (κ3) is 3.81. The Balaban J connectivity index is 1.32. The molecule has 6 rings (SSSR count). The highest BCUT2D eigenvalue weighted by Gasteiger charge is 2.52. The fourth-order valence-electron chi connectivity index (χ4n) is 6.74. The molecule has 0 saturated heterocycles. The van der Waals surface area contributed by atoms with Crippen molar-refractivity contribution in [2.24, 2.45) is 29.6 Å². The predicted octanol–water partition coefficient (Wildman–Crippen LogP) is 6.06. The van der Waals surface area contributed by atoms with Gasteiger partial charge >= 0.3 is 11.9 Å². The molecule has 4 heteroatoms. The minimum absolute atomic E-state index is 0.303. The molecule has 2 bridgehead atoms. The maximum Gasteiger partial charge on any atom is 0.343 e. The molecule has 0 heterocycles. The first kappa shape index (κ1) is 21.2. The van der Waals surface area contributed by atoms with E-state index in [1.54, 1.807) is 30.3 Å². The lowest BCUT2D eigenvalue weighted by Crippen LogP contribution is -2.27. The van der Waals surface area contributed by atoms with Crippen molar-refractivity contribution in [2.45, 2.75) is 32.1 Å². The lowest BCUT2D eigenvalue weighted by molar-refractivity contribution is -0.136. The smallest absolute Gasteiger partial charge is 0.343 e. The summed E-state index contributed by atoms with van der Waals surface area (Å²) in [5.41, 5.74) is 2.78. The average molecular weight is 453 g/mol. The number of benzene rings is 2. The second kappa shape index (κ2) is 8.75. The number of esters is 2. The highest BCUT2D eigenvalue weighted by atomic mass is 16.5. The van der Waals surface area contributed by atoms with Gasteiger partial charge in [0.2, 0.25) is 0 Å². The molecule has 3 fully saturated rings. The minimum Gasteiger partial charge on any atom is -0.426 e. The van der Waals surface area contributed by atoms with Crippen LogP contribution in [0, 0.1) is 29.6 Å². The van der Waals surface area contributed by atoms with Gasteiger partial charge in [-0.1, -0.05) is 60.5 Å². The Kier molecular flexibility index (Phi) is 5.44. The van der Waals surface area contributed by atoms with Gasteiger partial charge in [0.15, 0.2) is 0 Å². The zero-order valence-corrected chi connectivity index (χ0v) is 19.1. The number of carbonyl (C=O) groups excluding carboxylic acids is 2. The van der Waals surface area contributed by atoms with Gasteiger partial charge in [0, 0.05) is 0 Å². The SMILES string of the molecule is O=C(Oc1ccccc1)C1=CC(=C2CC3CC2C2CCCC32)C(C(=O)Oc2ccccc2)C=C1. The topological polar surface area (TPSA) is 52.6 Å². The Labute approximate surface area is 200 Å². The van der Waals surface area contributed by atoms with Gasteiger partial charge in [-0.3, -0.25) is 4.79 Å². The molecule has 4 aliphatic carbocycles. The van der Waals surface area contributed by atoms with E-state index in [-0.39, 0.29) is 5.97 Å². The molecule has 0 aliphatic heterocycles. The number of hydrogen-bond acceptors (Lipinski definition) is 4. The monoisotopic (exact) mass is 452 g/mol. The van der Waals surface area contributed by atoms with E-state index in [4.69, 9.17) is 9.47 Å². The zero-order chi connectivity index (χ0) is 23.1. The molecule has 4 nitrogen and oxygen atoms in total. The van der Waals surface area contributed by atoms with E-state index in [1.807, 2.05) is 48.6 Å². The quantitative estimate of drug-likeness (QED) is 0.418. The van der Waals surface area contributed by atoms with Crippen molar-refractivity contribution in [1.82, 2.24) is 0 Å². The molecule has 172 valence electrons. The van der Waals surface area contributed by atoms with E-state index in [2.05, 4.69) is 0 Å². The van der Waals surface area contributed by atoms with Gasteiger partial charge in [0.05, 0.1) is 5.57 Å². The van der Waals surface area contributed by atoms with Gasteiger partial charge in [-0.25, -0.2) is 4.79 Å². The first-order chi connectivity index (χ1) is 16.7. The molecule has 4 aliphatic rings. The van der Waals surface area contributed by atoms with Crippen LogP contribution in [0.15, 0.2) is 95.6 Å². The van der Waals surface area contributed by atoms with Crippen molar-refractivity contribution in [2.75, 3.05) is 0 Å². The van der Waals surface area contributed by atoms with Gasteiger partial charge < -0.3 is 9.47 Å². The van der Waals surface area contributed by atoms with Crippen LogP contribution in [-0.2, 0) is 9.59 Å². The molecule has 0 aromatic heterocycles. The number of fused-ring (bicyclic) bond motifs is 5.